The van der Waals surface area contributed by atoms with Crippen LogP contribution in [-0.2, 0) is 4.79 Å². The van der Waals surface area contributed by atoms with E-state index in [1.807, 2.05) is 0 Å². The van der Waals surface area contributed by atoms with Crippen LogP contribution in [0.1, 0.15) is 19.8 Å². The van der Waals surface area contributed by atoms with Gasteiger partial charge in [0.15, 0.2) is 6.10 Å². The number of amides is 1. The second-order valence-corrected chi connectivity index (χ2v) is 3.98. The van der Waals surface area contributed by atoms with Gasteiger partial charge in [0.2, 0.25) is 5.91 Å². The van der Waals surface area contributed by atoms with Crippen molar-refractivity contribution in [1.29, 1.82) is 0 Å². The van der Waals surface area contributed by atoms with Crippen molar-refractivity contribution in [3.63, 3.8) is 0 Å². The predicted octanol–water partition coefficient (Wildman–Crippen LogP) is 1.26. The number of rotatable bonds is 1. The van der Waals surface area contributed by atoms with Crippen LogP contribution in [0.4, 0.5) is 17.6 Å². The maximum atomic E-state index is 13.8. The molecule has 0 spiro atoms. The molecule has 1 saturated heterocycles. The molecule has 94 valence electrons. The molecule has 1 unspecified atom stereocenters. The molecule has 0 aliphatic carbocycles. The van der Waals surface area contributed by atoms with Gasteiger partial charge in [0.05, 0.1) is 0 Å². The van der Waals surface area contributed by atoms with Crippen LogP contribution in [0.15, 0.2) is 0 Å². The van der Waals surface area contributed by atoms with E-state index in [4.69, 9.17) is 5.11 Å². The number of likely N-dealkylation sites (tertiary alicyclic amines) is 1. The predicted molar refractivity (Wildman–Crippen MR) is 47.4 cm³/mol. The SMILES string of the molecule is CC(=O)N1CCC(F)(C(O)C(F)(F)F)CC1. The van der Waals surface area contributed by atoms with E-state index < -0.39 is 30.8 Å². The first-order chi connectivity index (χ1) is 7.17. The number of alkyl halides is 4. The normalized spacial score (nSPS) is 23.0. The highest BCUT2D eigenvalue weighted by molar-refractivity contribution is 5.73. The second-order valence-electron chi connectivity index (χ2n) is 3.98. The monoisotopic (exact) mass is 243 g/mol. The maximum absolute atomic E-state index is 13.8. The maximum Gasteiger partial charge on any atom is 0.417 e. The Hall–Kier alpha value is -0.850. The Labute approximate surface area is 90.0 Å². The van der Waals surface area contributed by atoms with Crippen LogP contribution in [0.3, 0.4) is 0 Å². The van der Waals surface area contributed by atoms with Crippen molar-refractivity contribution in [2.75, 3.05) is 13.1 Å². The van der Waals surface area contributed by atoms with E-state index in [0.717, 1.165) is 0 Å². The first-order valence-corrected chi connectivity index (χ1v) is 4.86. The van der Waals surface area contributed by atoms with Gasteiger partial charge in [-0.05, 0) is 0 Å². The fraction of sp³-hybridized carbons (Fsp3) is 0.889. The average molecular weight is 243 g/mol. The Morgan fingerprint density at radius 1 is 1.38 bits per heavy atom. The van der Waals surface area contributed by atoms with Crippen LogP contribution in [-0.4, -0.2) is 47.0 Å². The number of halogens is 4. The van der Waals surface area contributed by atoms with E-state index in [1.54, 1.807) is 0 Å². The van der Waals surface area contributed by atoms with Gasteiger partial charge >= 0.3 is 6.18 Å². The number of nitrogens with zero attached hydrogens (tertiary/aromatic N) is 1. The summed E-state index contributed by atoms with van der Waals surface area (Å²) in [5, 5.41) is 8.89. The molecule has 1 aliphatic heterocycles. The van der Waals surface area contributed by atoms with E-state index in [1.165, 1.54) is 11.8 Å². The molecule has 0 aromatic carbocycles. The van der Waals surface area contributed by atoms with Gasteiger partial charge < -0.3 is 10.0 Å². The minimum absolute atomic E-state index is 0.0982. The zero-order chi connectivity index (χ0) is 12.6. The van der Waals surface area contributed by atoms with Crippen LogP contribution < -0.4 is 0 Å². The largest absolute Gasteiger partial charge is 0.417 e. The quantitative estimate of drug-likeness (QED) is 0.704. The van der Waals surface area contributed by atoms with Gasteiger partial charge in [-0.3, -0.25) is 4.79 Å². The van der Waals surface area contributed by atoms with Gasteiger partial charge in [-0.2, -0.15) is 13.2 Å². The summed E-state index contributed by atoms with van der Waals surface area (Å²) < 4.78 is 50.3. The number of hydrogen-bond acceptors (Lipinski definition) is 2. The van der Waals surface area contributed by atoms with Crippen molar-refractivity contribution in [2.45, 2.75) is 37.7 Å². The number of carbonyl (C=O) groups is 1. The first-order valence-electron chi connectivity index (χ1n) is 4.86. The minimum Gasteiger partial charge on any atom is -0.381 e. The summed E-state index contributed by atoms with van der Waals surface area (Å²) >= 11 is 0. The lowest BCUT2D eigenvalue weighted by atomic mass is 9.87. The summed E-state index contributed by atoms with van der Waals surface area (Å²) in [7, 11) is 0. The highest BCUT2D eigenvalue weighted by Gasteiger charge is 2.54. The van der Waals surface area contributed by atoms with E-state index >= 15 is 0 Å². The summed E-state index contributed by atoms with van der Waals surface area (Å²) in [5.41, 5.74) is -2.68. The molecule has 7 heteroatoms. The smallest absolute Gasteiger partial charge is 0.381 e. The van der Waals surface area contributed by atoms with Crippen LogP contribution in [0.5, 0.6) is 0 Å². The molecule has 0 aromatic rings. The van der Waals surface area contributed by atoms with Gasteiger partial charge in [0.25, 0.3) is 0 Å². The molecule has 3 nitrogen and oxygen atoms in total. The Bertz CT molecular complexity index is 271. The molecular formula is C9H13F4NO2. The fourth-order valence-electron chi connectivity index (χ4n) is 1.76. The zero-order valence-electron chi connectivity index (χ0n) is 8.72. The number of hydrogen-bond donors (Lipinski definition) is 1. The molecule has 16 heavy (non-hydrogen) atoms. The van der Waals surface area contributed by atoms with E-state index in [2.05, 4.69) is 0 Å². The van der Waals surface area contributed by atoms with E-state index in [0.29, 0.717) is 0 Å². The molecule has 0 saturated carbocycles. The zero-order valence-corrected chi connectivity index (χ0v) is 8.72. The fourth-order valence-corrected chi connectivity index (χ4v) is 1.76. The highest BCUT2D eigenvalue weighted by atomic mass is 19.4. The number of piperidine rings is 1. The second kappa shape index (κ2) is 4.20. The number of aliphatic hydroxyl groups excluding tert-OH is 1. The Morgan fingerprint density at radius 2 is 1.81 bits per heavy atom. The molecule has 1 heterocycles. The van der Waals surface area contributed by atoms with Crippen molar-refractivity contribution < 1.29 is 27.5 Å². The van der Waals surface area contributed by atoms with Crippen LogP contribution in [0, 0.1) is 0 Å². The Morgan fingerprint density at radius 3 is 2.12 bits per heavy atom. The molecule has 1 fully saturated rings. The molecule has 0 bridgehead atoms. The summed E-state index contributed by atoms with van der Waals surface area (Å²) in [4.78, 5) is 12.2. The molecule has 0 radical (unpaired) electrons. The molecule has 1 amide bonds. The number of carbonyl (C=O) groups excluding carboxylic acids is 1. The molecule has 1 atom stereocenters. The average Bonchev–Trinajstić information content (AvgIpc) is 2.16. The van der Waals surface area contributed by atoms with Crippen molar-refractivity contribution in [1.82, 2.24) is 4.90 Å². The minimum atomic E-state index is -4.97. The van der Waals surface area contributed by atoms with E-state index in [-0.39, 0.29) is 19.0 Å². The third kappa shape index (κ3) is 2.63. The van der Waals surface area contributed by atoms with E-state index in [9.17, 15) is 22.4 Å². The standard InChI is InChI=1S/C9H13F4NO2/c1-6(15)14-4-2-8(10,3-5-14)7(16)9(11,12)13/h7,16H,2-5H2,1H3. The molecule has 1 rings (SSSR count). The molecule has 1 N–H and O–H groups in total. The molecule has 0 aromatic heterocycles. The van der Waals surface area contributed by atoms with Crippen molar-refractivity contribution in [2.24, 2.45) is 0 Å². The van der Waals surface area contributed by atoms with Crippen LogP contribution >= 0.6 is 0 Å². The Kier molecular flexibility index (Phi) is 3.47. The van der Waals surface area contributed by atoms with Gasteiger partial charge in [0.1, 0.15) is 5.67 Å². The molecular weight excluding hydrogens is 230 g/mol. The lowest BCUT2D eigenvalue weighted by Gasteiger charge is -2.39. The summed E-state index contributed by atoms with van der Waals surface area (Å²) in [6.45, 7) is 1.07. The summed E-state index contributed by atoms with van der Waals surface area (Å²) in [5.74, 6) is -0.302. The summed E-state index contributed by atoms with van der Waals surface area (Å²) in [6, 6.07) is 0. The van der Waals surface area contributed by atoms with Crippen LogP contribution in [0.2, 0.25) is 0 Å². The van der Waals surface area contributed by atoms with Crippen LogP contribution in [0.25, 0.3) is 0 Å². The topological polar surface area (TPSA) is 40.5 Å². The van der Waals surface area contributed by atoms with Gasteiger partial charge in [0, 0.05) is 32.9 Å². The van der Waals surface area contributed by atoms with Crippen molar-refractivity contribution in [3.8, 4) is 0 Å². The van der Waals surface area contributed by atoms with Gasteiger partial charge in [-0.25, -0.2) is 4.39 Å². The third-order valence-electron chi connectivity index (χ3n) is 2.84. The summed E-state index contributed by atoms with van der Waals surface area (Å²) in [6.07, 6.45) is -8.93. The lowest BCUT2D eigenvalue weighted by molar-refractivity contribution is -0.247. The number of aliphatic hydroxyl groups is 1. The Balaban J connectivity index is 2.66. The van der Waals surface area contributed by atoms with Crippen molar-refractivity contribution in [3.05, 3.63) is 0 Å². The molecule has 1 aliphatic rings. The van der Waals surface area contributed by atoms with Gasteiger partial charge in [-0.1, -0.05) is 0 Å². The highest BCUT2D eigenvalue weighted by Crippen LogP contribution is 2.37. The first kappa shape index (κ1) is 13.2. The van der Waals surface area contributed by atoms with Gasteiger partial charge in [-0.15, -0.1) is 0 Å². The third-order valence-corrected chi connectivity index (χ3v) is 2.84. The van der Waals surface area contributed by atoms with Crippen molar-refractivity contribution >= 4 is 5.91 Å². The lowest BCUT2D eigenvalue weighted by Crippen LogP contribution is -2.54.